The molecule has 10 nitrogen and oxygen atoms in total. The minimum absolute atomic E-state index is 0.0364. The van der Waals surface area contributed by atoms with E-state index in [1.165, 1.54) is 48.5 Å². The van der Waals surface area contributed by atoms with Crippen LogP contribution in [-0.4, -0.2) is 21.7 Å². The van der Waals surface area contributed by atoms with E-state index in [1.807, 2.05) is 0 Å². The van der Waals surface area contributed by atoms with Crippen molar-refractivity contribution in [1.29, 1.82) is 0 Å². The molecule has 0 radical (unpaired) electrons. The van der Waals surface area contributed by atoms with Crippen molar-refractivity contribution in [3.8, 4) is 0 Å². The van der Waals surface area contributed by atoms with Crippen LogP contribution in [0.4, 0.5) is 22.7 Å². The van der Waals surface area contributed by atoms with Crippen LogP contribution in [0.15, 0.2) is 72.8 Å². The number of nitrogens with one attached hydrogen (secondary N) is 2. The molecule has 32 heavy (non-hydrogen) atoms. The first-order valence-corrected chi connectivity index (χ1v) is 9.46. The number of carbonyl (C=O) groups excluding carboxylic acids is 2. The number of nitro groups is 2. The van der Waals surface area contributed by atoms with Gasteiger partial charge in [-0.25, -0.2) is 0 Å². The molecule has 0 fully saturated rings. The van der Waals surface area contributed by atoms with Gasteiger partial charge in [-0.15, -0.1) is 0 Å². The first-order valence-electron chi connectivity index (χ1n) is 9.46. The molecule has 3 rings (SSSR count). The third kappa shape index (κ3) is 6.20. The molecule has 0 unspecified atom stereocenters. The summed E-state index contributed by atoms with van der Waals surface area (Å²) in [5, 5.41) is 26.8. The molecule has 0 bridgehead atoms. The molecule has 0 saturated carbocycles. The lowest BCUT2D eigenvalue weighted by Gasteiger charge is -2.09. The van der Waals surface area contributed by atoms with E-state index in [2.05, 4.69) is 10.6 Å². The number of rotatable bonds is 8. The van der Waals surface area contributed by atoms with Gasteiger partial charge >= 0.3 is 0 Å². The monoisotopic (exact) mass is 434 g/mol. The summed E-state index contributed by atoms with van der Waals surface area (Å²) < 4.78 is 0. The normalized spacial score (nSPS) is 10.2. The molecular formula is C22H18N4O6. The fourth-order valence-corrected chi connectivity index (χ4v) is 2.93. The van der Waals surface area contributed by atoms with Gasteiger partial charge in [-0.05, 0) is 29.3 Å². The summed E-state index contributed by atoms with van der Waals surface area (Å²) in [7, 11) is 0. The van der Waals surface area contributed by atoms with Gasteiger partial charge in [0.25, 0.3) is 11.4 Å². The number of hydrogen-bond donors (Lipinski definition) is 2. The number of hydrogen-bond acceptors (Lipinski definition) is 6. The molecule has 0 heterocycles. The van der Waals surface area contributed by atoms with Crippen LogP contribution in [-0.2, 0) is 22.4 Å². The van der Waals surface area contributed by atoms with Crippen molar-refractivity contribution >= 4 is 34.6 Å². The lowest BCUT2D eigenvalue weighted by Crippen LogP contribution is -2.16. The van der Waals surface area contributed by atoms with E-state index in [0.717, 1.165) is 0 Å². The number of nitro benzene ring substituents is 2. The van der Waals surface area contributed by atoms with Gasteiger partial charge in [0.05, 0.1) is 22.7 Å². The van der Waals surface area contributed by atoms with Crippen molar-refractivity contribution in [3.63, 3.8) is 0 Å². The van der Waals surface area contributed by atoms with E-state index < -0.39 is 9.85 Å². The number of nitrogens with zero attached hydrogens (tertiary/aromatic N) is 2. The van der Waals surface area contributed by atoms with Gasteiger partial charge in [0.15, 0.2) is 0 Å². The fourth-order valence-electron chi connectivity index (χ4n) is 2.93. The highest BCUT2D eigenvalue weighted by Gasteiger charge is 2.10. The molecule has 0 aliphatic heterocycles. The van der Waals surface area contributed by atoms with Crippen LogP contribution >= 0.6 is 0 Å². The molecule has 2 N–H and O–H groups in total. The predicted molar refractivity (Wildman–Crippen MR) is 117 cm³/mol. The minimum atomic E-state index is -0.509. The smallest absolute Gasteiger partial charge is 0.269 e. The van der Waals surface area contributed by atoms with Crippen LogP contribution in [0.2, 0.25) is 0 Å². The van der Waals surface area contributed by atoms with Gasteiger partial charge in [0.2, 0.25) is 11.8 Å². The Morgan fingerprint density at radius 2 is 1.03 bits per heavy atom. The zero-order chi connectivity index (χ0) is 23.1. The van der Waals surface area contributed by atoms with Crippen molar-refractivity contribution in [2.24, 2.45) is 0 Å². The highest BCUT2D eigenvalue weighted by Crippen LogP contribution is 2.18. The Morgan fingerprint density at radius 3 is 1.38 bits per heavy atom. The molecule has 2 amide bonds. The molecule has 0 saturated heterocycles. The second-order valence-electron chi connectivity index (χ2n) is 6.88. The van der Waals surface area contributed by atoms with Crippen molar-refractivity contribution in [2.75, 3.05) is 10.6 Å². The first kappa shape index (κ1) is 22.1. The van der Waals surface area contributed by atoms with E-state index in [0.29, 0.717) is 22.5 Å². The Bertz CT molecular complexity index is 1070. The summed E-state index contributed by atoms with van der Waals surface area (Å²) in [5.41, 5.74) is 2.11. The third-order valence-electron chi connectivity index (χ3n) is 4.45. The van der Waals surface area contributed by atoms with Crippen LogP contribution < -0.4 is 10.6 Å². The van der Waals surface area contributed by atoms with E-state index in [9.17, 15) is 29.8 Å². The SMILES string of the molecule is O=C(Cc1ccc([N+](=O)[O-])cc1)Nc1cccc(NC(=O)Cc2ccc([N+](=O)[O-])cc2)c1. The number of non-ortho nitro benzene ring substituents is 2. The molecule has 0 spiro atoms. The fraction of sp³-hybridized carbons (Fsp3) is 0.0909. The Labute approximate surface area is 182 Å². The summed E-state index contributed by atoms with van der Waals surface area (Å²) in [6.45, 7) is 0. The third-order valence-corrected chi connectivity index (χ3v) is 4.45. The number of benzene rings is 3. The Morgan fingerprint density at radius 1 is 0.656 bits per heavy atom. The van der Waals surface area contributed by atoms with Crippen LogP contribution in [0.3, 0.4) is 0 Å². The quantitative estimate of drug-likeness (QED) is 0.407. The summed E-state index contributed by atoms with van der Waals surface area (Å²) in [4.78, 5) is 44.9. The number of amides is 2. The number of carbonyl (C=O) groups is 2. The van der Waals surface area contributed by atoms with Gasteiger partial charge in [-0.2, -0.15) is 0 Å². The van der Waals surface area contributed by atoms with E-state index in [4.69, 9.17) is 0 Å². The Balaban J connectivity index is 1.56. The maximum absolute atomic E-state index is 12.3. The van der Waals surface area contributed by atoms with Crippen molar-refractivity contribution in [3.05, 3.63) is 104 Å². The molecular weight excluding hydrogens is 416 g/mol. The largest absolute Gasteiger partial charge is 0.326 e. The Hall–Kier alpha value is -4.60. The topological polar surface area (TPSA) is 144 Å². The zero-order valence-electron chi connectivity index (χ0n) is 16.7. The van der Waals surface area contributed by atoms with Crippen LogP contribution in [0, 0.1) is 20.2 Å². The van der Waals surface area contributed by atoms with Gasteiger partial charge in [-0.3, -0.25) is 29.8 Å². The second-order valence-corrected chi connectivity index (χ2v) is 6.88. The standard InChI is InChI=1S/C22H18N4O6/c27-21(12-15-4-8-19(9-5-15)25(29)30)23-17-2-1-3-18(14-17)24-22(28)13-16-6-10-20(11-7-16)26(31)32/h1-11,14H,12-13H2,(H,23,27)(H,24,28). The first-order chi connectivity index (χ1) is 15.3. The average molecular weight is 434 g/mol. The van der Waals surface area contributed by atoms with Crippen LogP contribution in [0.1, 0.15) is 11.1 Å². The maximum Gasteiger partial charge on any atom is 0.269 e. The maximum atomic E-state index is 12.3. The van der Waals surface area contributed by atoms with Crippen LogP contribution in [0.25, 0.3) is 0 Å². The van der Waals surface area contributed by atoms with E-state index >= 15 is 0 Å². The molecule has 0 aliphatic carbocycles. The minimum Gasteiger partial charge on any atom is -0.326 e. The Kier molecular flexibility index (Phi) is 6.86. The molecule has 162 valence electrons. The lowest BCUT2D eigenvalue weighted by molar-refractivity contribution is -0.385. The highest BCUT2D eigenvalue weighted by molar-refractivity contribution is 5.95. The van der Waals surface area contributed by atoms with Crippen molar-refractivity contribution < 1.29 is 19.4 Å². The summed E-state index contributed by atoms with van der Waals surface area (Å²) in [5.74, 6) is -0.624. The number of anilines is 2. The van der Waals surface area contributed by atoms with Crippen molar-refractivity contribution in [1.82, 2.24) is 0 Å². The van der Waals surface area contributed by atoms with Crippen LogP contribution in [0.5, 0.6) is 0 Å². The summed E-state index contributed by atoms with van der Waals surface area (Å²) >= 11 is 0. The molecule has 10 heteroatoms. The van der Waals surface area contributed by atoms with Gasteiger partial charge < -0.3 is 10.6 Å². The molecule has 3 aromatic rings. The van der Waals surface area contributed by atoms with Gasteiger partial charge in [-0.1, -0.05) is 30.3 Å². The van der Waals surface area contributed by atoms with E-state index in [1.54, 1.807) is 24.3 Å². The highest BCUT2D eigenvalue weighted by atomic mass is 16.6. The van der Waals surface area contributed by atoms with E-state index in [-0.39, 0.29) is 36.0 Å². The van der Waals surface area contributed by atoms with Gasteiger partial charge in [0.1, 0.15) is 0 Å². The second kappa shape index (κ2) is 9.94. The van der Waals surface area contributed by atoms with Crippen molar-refractivity contribution in [2.45, 2.75) is 12.8 Å². The molecule has 0 aliphatic rings. The lowest BCUT2D eigenvalue weighted by atomic mass is 10.1. The zero-order valence-corrected chi connectivity index (χ0v) is 16.7. The average Bonchev–Trinajstić information content (AvgIpc) is 2.74. The molecule has 0 atom stereocenters. The predicted octanol–water partition coefficient (Wildman–Crippen LogP) is 3.87. The summed E-state index contributed by atoms with van der Waals surface area (Å²) in [6, 6.07) is 18.0. The summed E-state index contributed by atoms with van der Waals surface area (Å²) in [6.07, 6.45) is 0.0729. The molecule has 0 aromatic heterocycles. The molecule has 3 aromatic carbocycles. The van der Waals surface area contributed by atoms with Gasteiger partial charge in [0, 0.05) is 35.6 Å².